The number of nitrogens with one attached hydrogen (secondary N) is 1. The van der Waals surface area contributed by atoms with Gasteiger partial charge < -0.3 is 20.6 Å². The zero-order valence-electron chi connectivity index (χ0n) is 10.6. The molecule has 1 aromatic heterocycles. The number of hydrogen-bond acceptors (Lipinski definition) is 6. The summed E-state index contributed by atoms with van der Waals surface area (Å²) in [5, 5.41) is 6.86. The topological polar surface area (TPSA) is 81.8 Å². The van der Waals surface area contributed by atoms with Gasteiger partial charge in [0.1, 0.15) is 17.2 Å². The summed E-state index contributed by atoms with van der Waals surface area (Å²) >= 11 is 1.44. The summed E-state index contributed by atoms with van der Waals surface area (Å²) in [4.78, 5) is 4.83. The molecule has 0 aliphatic rings. The fourth-order valence-corrected chi connectivity index (χ4v) is 2.16. The summed E-state index contributed by atoms with van der Waals surface area (Å²) in [5.41, 5.74) is 2.38. The third kappa shape index (κ3) is 2.76. The molecule has 2 rings (SSSR count). The smallest absolute Gasteiger partial charge is 0.169 e. The Labute approximate surface area is 114 Å². The number of rotatable bonds is 4. The summed E-state index contributed by atoms with van der Waals surface area (Å²) in [6.45, 7) is 0. The second-order valence-corrected chi connectivity index (χ2v) is 4.39. The van der Waals surface area contributed by atoms with E-state index >= 15 is 0 Å². The maximum Gasteiger partial charge on any atom is 0.169 e. The first kappa shape index (κ1) is 13.2. The van der Waals surface area contributed by atoms with Gasteiger partial charge in [0, 0.05) is 6.20 Å². The Bertz CT molecular complexity index is 547. The predicted octanol–water partition coefficient (Wildman–Crippen LogP) is 1.89. The van der Waals surface area contributed by atoms with Crippen LogP contribution in [0.2, 0.25) is 0 Å². The van der Waals surface area contributed by atoms with Crippen LogP contribution in [0.3, 0.4) is 0 Å². The van der Waals surface area contributed by atoms with Crippen molar-refractivity contribution in [3.05, 3.63) is 34.8 Å². The summed E-state index contributed by atoms with van der Waals surface area (Å²) in [6.07, 6.45) is 1.69. The molecule has 0 amide bonds. The summed E-state index contributed by atoms with van der Waals surface area (Å²) < 4.78 is 10.6. The average molecular weight is 278 g/mol. The van der Waals surface area contributed by atoms with Crippen molar-refractivity contribution in [2.75, 3.05) is 19.5 Å². The number of anilines is 1. The number of hydrazone groups is 1. The van der Waals surface area contributed by atoms with E-state index in [4.69, 9.17) is 15.3 Å². The molecular formula is C12H14N4O2S. The third-order valence-electron chi connectivity index (χ3n) is 2.47. The lowest BCUT2D eigenvalue weighted by Gasteiger charge is -2.14. The number of benzene rings is 1. The molecule has 1 aromatic carbocycles. The molecule has 0 atom stereocenters. The van der Waals surface area contributed by atoms with Crippen LogP contribution in [0, 0.1) is 0 Å². The van der Waals surface area contributed by atoms with Crippen molar-refractivity contribution in [2.24, 2.45) is 10.9 Å². The van der Waals surface area contributed by atoms with Crippen LogP contribution in [0.15, 0.2) is 35.0 Å². The Balaban J connectivity index is 2.37. The maximum absolute atomic E-state index is 5.42. The van der Waals surface area contributed by atoms with Gasteiger partial charge in [0.2, 0.25) is 0 Å². The predicted molar refractivity (Wildman–Crippen MR) is 76.0 cm³/mol. The SMILES string of the molecule is COc1cccc(OC)c1N/C(=N\N)c1cncs1. The lowest BCUT2D eigenvalue weighted by molar-refractivity contribution is 0.398. The van der Waals surface area contributed by atoms with Crippen molar-refractivity contribution in [1.82, 2.24) is 4.98 Å². The van der Waals surface area contributed by atoms with Crippen molar-refractivity contribution >= 4 is 22.9 Å². The third-order valence-corrected chi connectivity index (χ3v) is 3.25. The Hall–Kier alpha value is -2.28. The minimum absolute atomic E-state index is 0.505. The number of para-hydroxylation sites is 1. The lowest BCUT2D eigenvalue weighted by Crippen LogP contribution is -2.15. The Kier molecular flexibility index (Phi) is 4.19. The monoisotopic (exact) mass is 278 g/mol. The fourth-order valence-electron chi connectivity index (χ4n) is 1.58. The number of amidine groups is 1. The van der Waals surface area contributed by atoms with Gasteiger partial charge in [-0.15, -0.1) is 11.3 Å². The molecule has 6 nitrogen and oxygen atoms in total. The molecule has 19 heavy (non-hydrogen) atoms. The number of thiazole rings is 1. The van der Waals surface area contributed by atoms with E-state index in [0.29, 0.717) is 23.0 Å². The van der Waals surface area contributed by atoms with E-state index in [-0.39, 0.29) is 0 Å². The van der Waals surface area contributed by atoms with Gasteiger partial charge in [-0.05, 0) is 12.1 Å². The van der Waals surface area contributed by atoms with Gasteiger partial charge in [-0.3, -0.25) is 4.98 Å². The zero-order valence-corrected chi connectivity index (χ0v) is 11.4. The molecule has 3 N–H and O–H groups in total. The number of ether oxygens (including phenoxy) is 2. The molecule has 0 unspecified atom stereocenters. The van der Waals surface area contributed by atoms with Gasteiger partial charge in [-0.2, -0.15) is 5.10 Å². The maximum atomic E-state index is 5.42. The van der Waals surface area contributed by atoms with Gasteiger partial charge >= 0.3 is 0 Å². The Morgan fingerprint density at radius 2 is 2.00 bits per heavy atom. The fraction of sp³-hybridized carbons (Fsp3) is 0.167. The van der Waals surface area contributed by atoms with Crippen LogP contribution in [-0.4, -0.2) is 25.0 Å². The minimum Gasteiger partial charge on any atom is -0.494 e. The van der Waals surface area contributed by atoms with Gasteiger partial charge in [0.25, 0.3) is 0 Å². The molecule has 0 radical (unpaired) electrons. The van der Waals surface area contributed by atoms with Crippen molar-refractivity contribution in [3.63, 3.8) is 0 Å². The average Bonchev–Trinajstić information content (AvgIpc) is 2.98. The Morgan fingerprint density at radius 3 is 2.47 bits per heavy atom. The summed E-state index contributed by atoms with van der Waals surface area (Å²) in [7, 11) is 3.18. The van der Waals surface area contributed by atoms with Crippen LogP contribution in [0.5, 0.6) is 11.5 Å². The standard InChI is InChI=1S/C12H14N4O2S/c1-17-8-4-3-5-9(18-2)11(8)15-12(16-13)10-6-14-7-19-10/h3-7H,13H2,1-2H3,(H,15,16). The highest BCUT2D eigenvalue weighted by atomic mass is 32.1. The molecule has 0 aliphatic heterocycles. The zero-order chi connectivity index (χ0) is 13.7. The van der Waals surface area contributed by atoms with E-state index in [1.54, 1.807) is 25.9 Å². The molecule has 0 fully saturated rings. The van der Waals surface area contributed by atoms with Crippen LogP contribution < -0.4 is 20.6 Å². The molecule has 0 aliphatic carbocycles. The molecule has 2 aromatic rings. The first-order valence-electron chi connectivity index (χ1n) is 5.45. The van der Waals surface area contributed by atoms with Crippen LogP contribution in [-0.2, 0) is 0 Å². The Morgan fingerprint density at radius 1 is 1.32 bits per heavy atom. The summed E-state index contributed by atoms with van der Waals surface area (Å²) in [5.74, 6) is 7.21. The molecule has 1 heterocycles. The molecule has 0 saturated carbocycles. The van der Waals surface area contributed by atoms with Gasteiger partial charge in [-0.1, -0.05) is 6.07 Å². The number of aromatic nitrogens is 1. The largest absolute Gasteiger partial charge is 0.494 e. The van der Waals surface area contributed by atoms with Gasteiger partial charge in [-0.25, -0.2) is 0 Å². The first-order chi connectivity index (χ1) is 9.30. The van der Waals surface area contributed by atoms with E-state index in [1.165, 1.54) is 11.3 Å². The quantitative estimate of drug-likeness (QED) is 0.386. The molecule has 7 heteroatoms. The first-order valence-corrected chi connectivity index (χ1v) is 6.33. The molecular weight excluding hydrogens is 264 g/mol. The molecule has 0 spiro atoms. The highest BCUT2D eigenvalue weighted by molar-refractivity contribution is 7.11. The van der Waals surface area contributed by atoms with Crippen molar-refractivity contribution in [2.45, 2.75) is 0 Å². The van der Waals surface area contributed by atoms with Crippen molar-refractivity contribution in [3.8, 4) is 11.5 Å². The second kappa shape index (κ2) is 6.05. The van der Waals surface area contributed by atoms with Crippen LogP contribution >= 0.6 is 11.3 Å². The van der Waals surface area contributed by atoms with E-state index < -0.39 is 0 Å². The van der Waals surface area contributed by atoms with Gasteiger partial charge in [0.15, 0.2) is 5.84 Å². The number of nitrogens with two attached hydrogens (primary N) is 1. The van der Waals surface area contributed by atoms with E-state index in [2.05, 4.69) is 15.4 Å². The van der Waals surface area contributed by atoms with Crippen molar-refractivity contribution < 1.29 is 9.47 Å². The molecule has 0 bridgehead atoms. The van der Waals surface area contributed by atoms with Crippen LogP contribution in [0.25, 0.3) is 0 Å². The number of methoxy groups -OCH3 is 2. The molecule has 100 valence electrons. The van der Waals surface area contributed by atoms with Crippen LogP contribution in [0.1, 0.15) is 4.88 Å². The van der Waals surface area contributed by atoms with E-state index in [9.17, 15) is 0 Å². The summed E-state index contributed by atoms with van der Waals surface area (Å²) in [6, 6.07) is 5.49. The highest BCUT2D eigenvalue weighted by Crippen LogP contribution is 2.34. The normalized spacial score (nSPS) is 11.2. The second-order valence-electron chi connectivity index (χ2n) is 3.51. The van der Waals surface area contributed by atoms with Crippen molar-refractivity contribution in [1.29, 1.82) is 0 Å². The number of nitrogens with zero attached hydrogens (tertiary/aromatic N) is 2. The lowest BCUT2D eigenvalue weighted by atomic mass is 10.2. The molecule has 0 saturated heterocycles. The van der Waals surface area contributed by atoms with Crippen LogP contribution in [0.4, 0.5) is 5.69 Å². The number of hydrogen-bond donors (Lipinski definition) is 2. The minimum atomic E-state index is 0.505. The van der Waals surface area contributed by atoms with E-state index in [1.807, 2.05) is 18.2 Å². The van der Waals surface area contributed by atoms with E-state index in [0.717, 1.165) is 4.88 Å². The van der Waals surface area contributed by atoms with Gasteiger partial charge in [0.05, 0.1) is 24.6 Å². The highest BCUT2D eigenvalue weighted by Gasteiger charge is 2.14.